The highest BCUT2D eigenvalue weighted by atomic mass is 16.5. The van der Waals surface area contributed by atoms with Gasteiger partial charge in [0.1, 0.15) is 35.2 Å². The van der Waals surface area contributed by atoms with E-state index in [2.05, 4.69) is 9.97 Å². The smallest absolute Gasteiger partial charge is 0.281 e. The summed E-state index contributed by atoms with van der Waals surface area (Å²) >= 11 is 0. The van der Waals surface area contributed by atoms with E-state index in [4.69, 9.17) is 24.7 Å². The number of hydrogen-bond donors (Lipinski definition) is 1. The van der Waals surface area contributed by atoms with Gasteiger partial charge >= 0.3 is 0 Å². The molecule has 0 spiro atoms. The summed E-state index contributed by atoms with van der Waals surface area (Å²) in [6.45, 7) is 0.315. The number of anilines is 1. The molecule has 4 aromatic rings. The predicted octanol–water partition coefficient (Wildman–Crippen LogP) is 3.06. The number of pyridine rings is 2. The van der Waals surface area contributed by atoms with Gasteiger partial charge in [0, 0.05) is 6.07 Å². The van der Waals surface area contributed by atoms with Gasteiger partial charge in [-0.25, -0.2) is 9.97 Å². The molecule has 3 aromatic heterocycles. The van der Waals surface area contributed by atoms with Crippen LogP contribution in [-0.4, -0.2) is 28.6 Å². The highest BCUT2D eigenvalue weighted by Gasteiger charge is 2.11. The van der Waals surface area contributed by atoms with E-state index in [1.165, 1.54) is 30.1 Å². The predicted molar refractivity (Wildman–Crippen MR) is 114 cm³/mol. The Labute approximate surface area is 177 Å². The van der Waals surface area contributed by atoms with Crippen molar-refractivity contribution in [2.24, 2.45) is 0 Å². The Hall–Kier alpha value is -4.27. The number of nitrogen functional groups attached to an aromatic ring is 1. The highest BCUT2D eigenvalue weighted by molar-refractivity contribution is 5.47. The van der Waals surface area contributed by atoms with Crippen LogP contribution in [0.25, 0.3) is 5.65 Å². The van der Waals surface area contributed by atoms with Crippen LogP contribution >= 0.6 is 0 Å². The van der Waals surface area contributed by atoms with Gasteiger partial charge in [-0.2, -0.15) is 0 Å². The normalized spacial score (nSPS) is 10.6. The number of hydrogen-bond acceptors (Lipinski definition) is 8. The van der Waals surface area contributed by atoms with Gasteiger partial charge in [-0.15, -0.1) is 0 Å². The van der Waals surface area contributed by atoms with Crippen molar-refractivity contribution >= 4 is 11.3 Å². The first-order valence-electron chi connectivity index (χ1n) is 9.32. The molecule has 0 bridgehead atoms. The van der Waals surface area contributed by atoms with Crippen LogP contribution in [0, 0.1) is 0 Å². The van der Waals surface area contributed by atoms with Crippen LogP contribution in [0.15, 0.2) is 65.8 Å². The third-order valence-corrected chi connectivity index (χ3v) is 4.48. The molecule has 0 saturated carbocycles. The average molecular weight is 420 g/mol. The van der Waals surface area contributed by atoms with Gasteiger partial charge in [0.25, 0.3) is 11.4 Å². The summed E-state index contributed by atoms with van der Waals surface area (Å²) < 4.78 is 23.5. The largest absolute Gasteiger partial charge is 0.497 e. The number of benzene rings is 1. The van der Waals surface area contributed by atoms with E-state index >= 15 is 0 Å². The van der Waals surface area contributed by atoms with Gasteiger partial charge in [-0.3, -0.25) is 9.20 Å². The molecule has 1 aromatic carbocycles. The third-order valence-electron chi connectivity index (χ3n) is 4.48. The molecule has 0 fully saturated rings. The van der Waals surface area contributed by atoms with Crippen LogP contribution in [-0.2, 0) is 6.61 Å². The van der Waals surface area contributed by atoms with Crippen LogP contribution in [0.5, 0.6) is 28.9 Å². The molecule has 9 heteroatoms. The molecule has 0 radical (unpaired) electrons. The standard InChI is InChI=1S/C22H20N4O5/c1-28-15-5-3-14(4-6-15)13-30-21-19(29-2)9-17(10-25-21)31-16-7-8-20-24-11-18(23)22(27)26(20)12-16/h3-12H,13,23H2,1-2H3. The lowest BCUT2D eigenvalue weighted by atomic mass is 10.2. The van der Waals surface area contributed by atoms with Gasteiger partial charge < -0.3 is 24.7 Å². The Morgan fingerprint density at radius 1 is 0.935 bits per heavy atom. The molecule has 158 valence electrons. The maximum absolute atomic E-state index is 12.2. The lowest BCUT2D eigenvalue weighted by Gasteiger charge is -2.12. The van der Waals surface area contributed by atoms with E-state index in [1.54, 1.807) is 25.3 Å². The number of nitrogens with zero attached hydrogens (tertiary/aromatic N) is 3. The molecule has 9 nitrogen and oxygen atoms in total. The van der Waals surface area contributed by atoms with Gasteiger partial charge in [-0.05, 0) is 29.8 Å². The van der Waals surface area contributed by atoms with E-state index in [0.717, 1.165) is 11.3 Å². The molecule has 4 rings (SSSR count). The lowest BCUT2D eigenvalue weighted by molar-refractivity contribution is 0.271. The van der Waals surface area contributed by atoms with E-state index in [9.17, 15) is 4.79 Å². The molecule has 0 aliphatic rings. The first-order valence-corrected chi connectivity index (χ1v) is 9.32. The summed E-state index contributed by atoms with van der Waals surface area (Å²) in [5.41, 5.74) is 6.75. The van der Waals surface area contributed by atoms with Crippen molar-refractivity contribution < 1.29 is 18.9 Å². The van der Waals surface area contributed by atoms with Crippen molar-refractivity contribution in [1.82, 2.24) is 14.4 Å². The molecule has 0 aliphatic carbocycles. The Kier molecular flexibility index (Phi) is 5.57. The maximum atomic E-state index is 12.2. The van der Waals surface area contributed by atoms with E-state index in [0.29, 0.717) is 35.4 Å². The third kappa shape index (κ3) is 4.35. The fourth-order valence-electron chi connectivity index (χ4n) is 2.87. The summed E-state index contributed by atoms with van der Waals surface area (Å²) in [4.78, 5) is 20.6. The second-order valence-electron chi connectivity index (χ2n) is 6.53. The van der Waals surface area contributed by atoms with Crippen LogP contribution < -0.4 is 30.2 Å². The van der Waals surface area contributed by atoms with Crippen molar-refractivity contribution in [3.05, 3.63) is 77.0 Å². The molecule has 0 aliphatic heterocycles. The van der Waals surface area contributed by atoms with Crippen molar-refractivity contribution in [2.75, 3.05) is 20.0 Å². The molecule has 0 saturated heterocycles. The second-order valence-corrected chi connectivity index (χ2v) is 6.53. The van der Waals surface area contributed by atoms with Crippen molar-refractivity contribution in [2.45, 2.75) is 6.61 Å². The quantitative estimate of drug-likeness (QED) is 0.486. The number of ether oxygens (including phenoxy) is 4. The molecule has 0 amide bonds. The zero-order valence-electron chi connectivity index (χ0n) is 16.9. The number of methoxy groups -OCH3 is 2. The number of nitrogens with two attached hydrogens (primary N) is 1. The minimum absolute atomic E-state index is 0.0522. The Bertz CT molecular complexity index is 1270. The summed E-state index contributed by atoms with van der Waals surface area (Å²) in [6, 6.07) is 12.5. The van der Waals surface area contributed by atoms with Crippen molar-refractivity contribution in [3.63, 3.8) is 0 Å². The summed E-state index contributed by atoms with van der Waals surface area (Å²) in [7, 11) is 3.14. The van der Waals surface area contributed by atoms with E-state index in [1.807, 2.05) is 24.3 Å². The minimum Gasteiger partial charge on any atom is -0.497 e. The lowest BCUT2D eigenvalue weighted by Crippen LogP contribution is -2.18. The van der Waals surface area contributed by atoms with Crippen molar-refractivity contribution in [3.8, 4) is 28.9 Å². The number of rotatable bonds is 7. The molecule has 31 heavy (non-hydrogen) atoms. The second kappa shape index (κ2) is 8.62. The van der Waals surface area contributed by atoms with Crippen LogP contribution in [0.4, 0.5) is 5.69 Å². The monoisotopic (exact) mass is 420 g/mol. The van der Waals surface area contributed by atoms with Crippen LogP contribution in [0.2, 0.25) is 0 Å². The fraction of sp³-hybridized carbons (Fsp3) is 0.136. The van der Waals surface area contributed by atoms with Gasteiger partial charge in [-0.1, -0.05) is 12.1 Å². The highest BCUT2D eigenvalue weighted by Crippen LogP contribution is 2.31. The number of aromatic nitrogens is 3. The summed E-state index contributed by atoms with van der Waals surface area (Å²) in [5, 5.41) is 0. The fourth-order valence-corrected chi connectivity index (χ4v) is 2.87. The molecule has 3 heterocycles. The average Bonchev–Trinajstić information content (AvgIpc) is 2.81. The zero-order chi connectivity index (χ0) is 21.8. The van der Waals surface area contributed by atoms with E-state index in [-0.39, 0.29) is 11.2 Å². The van der Waals surface area contributed by atoms with Crippen LogP contribution in [0.1, 0.15) is 5.56 Å². The maximum Gasteiger partial charge on any atom is 0.281 e. The van der Waals surface area contributed by atoms with Gasteiger partial charge in [0.2, 0.25) is 0 Å². The van der Waals surface area contributed by atoms with E-state index < -0.39 is 0 Å². The molecule has 0 unspecified atom stereocenters. The molecular formula is C22H20N4O5. The zero-order valence-corrected chi connectivity index (χ0v) is 16.9. The SMILES string of the molecule is COc1ccc(COc2ncc(Oc3ccc4ncc(N)c(=O)n4c3)cc2OC)cc1. The first-order chi connectivity index (χ1) is 15.1. The Balaban J connectivity index is 1.51. The van der Waals surface area contributed by atoms with Gasteiger partial charge in [0.15, 0.2) is 5.75 Å². The molecule has 0 atom stereocenters. The number of fused-ring (bicyclic) bond motifs is 1. The minimum atomic E-state index is -0.367. The van der Waals surface area contributed by atoms with Crippen molar-refractivity contribution in [1.29, 1.82) is 0 Å². The topological polar surface area (TPSA) is 110 Å². The van der Waals surface area contributed by atoms with Crippen LogP contribution in [0.3, 0.4) is 0 Å². The Morgan fingerprint density at radius 3 is 2.45 bits per heavy atom. The molecular weight excluding hydrogens is 400 g/mol. The first kappa shape index (κ1) is 20.0. The summed E-state index contributed by atoms with van der Waals surface area (Å²) in [6.07, 6.45) is 4.36. The Morgan fingerprint density at radius 2 is 1.71 bits per heavy atom. The summed E-state index contributed by atoms with van der Waals surface area (Å²) in [5.74, 6) is 2.35. The molecule has 2 N–H and O–H groups in total. The van der Waals surface area contributed by atoms with Gasteiger partial charge in [0.05, 0.1) is 32.8 Å².